The Balaban J connectivity index is 3.32. The second-order valence-electron chi connectivity index (χ2n) is 3.77. The number of nitrogens with one attached hydrogen (secondary N) is 1. The standard InChI is InChI=1S/C11H17N3O3S/c1-5-13-9-6(11(16)17-4)7(12)8(18-9)10(15)14(2)3/h13H,5,12H2,1-4H3. The van der Waals surface area contributed by atoms with E-state index in [2.05, 4.69) is 10.1 Å². The summed E-state index contributed by atoms with van der Waals surface area (Å²) in [7, 11) is 4.54. The van der Waals surface area contributed by atoms with Gasteiger partial charge >= 0.3 is 5.97 Å². The number of ether oxygens (including phenoxy) is 1. The topological polar surface area (TPSA) is 84.7 Å². The zero-order valence-electron chi connectivity index (χ0n) is 10.9. The van der Waals surface area contributed by atoms with E-state index >= 15 is 0 Å². The molecule has 0 spiro atoms. The van der Waals surface area contributed by atoms with Crippen LogP contribution in [-0.4, -0.2) is 44.5 Å². The lowest BCUT2D eigenvalue weighted by Crippen LogP contribution is -2.21. The van der Waals surface area contributed by atoms with Crippen molar-refractivity contribution in [3.63, 3.8) is 0 Å². The van der Waals surface area contributed by atoms with E-state index in [0.29, 0.717) is 16.4 Å². The number of amides is 1. The van der Waals surface area contributed by atoms with Crippen LogP contribution in [0.15, 0.2) is 0 Å². The molecule has 0 aliphatic carbocycles. The van der Waals surface area contributed by atoms with Crippen molar-refractivity contribution in [2.75, 3.05) is 38.8 Å². The van der Waals surface area contributed by atoms with Gasteiger partial charge in [0.2, 0.25) is 0 Å². The number of nitrogens with zero attached hydrogens (tertiary/aromatic N) is 1. The van der Waals surface area contributed by atoms with Crippen molar-refractivity contribution in [2.24, 2.45) is 0 Å². The third-order valence-corrected chi connectivity index (χ3v) is 3.42. The summed E-state index contributed by atoms with van der Waals surface area (Å²) < 4.78 is 4.68. The third-order valence-electron chi connectivity index (χ3n) is 2.27. The van der Waals surface area contributed by atoms with Gasteiger partial charge in [0.15, 0.2) is 0 Å². The number of thiophene rings is 1. The number of nitrogens with two attached hydrogens (primary N) is 1. The number of hydrogen-bond acceptors (Lipinski definition) is 6. The van der Waals surface area contributed by atoms with E-state index in [1.165, 1.54) is 12.0 Å². The predicted molar refractivity (Wildman–Crippen MR) is 72.3 cm³/mol. The van der Waals surface area contributed by atoms with Crippen LogP contribution in [0, 0.1) is 0 Å². The molecule has 0 fully saturated rings. The minimum Gasteiger partial charge on any atom is -0.465 e. The van der Waals surface area contributed by atoms with E-state index in [-0.39, 0.29) is 17.2 Å². The molecular weight excluding hydrogens is 254 g/mol. The maximum atomic E-state index is 11.9. The van der Waals surface area contributed by atoms with Crippen LogP contribution in [0.25, 0.3) is 0 Å². The molecule has 100 valence electrons. The Morgan fingerprint density at radius 1 is 1.44 bits per heavy atom. The molecule has 1 amide bonds. The first kappa shape index (κ1) is 14.3. The van der Waals surface area contributed by atoms with E-state index in [0.717, 1.165) is 11.3 Å². The van der Waals surface area contributed by atoms with Crippen molar-refractivity contribution in [1.29, 1.82) is 0 Å². The maximum Gasteiger partial charge on any atom is 0.343 e. The van der Waals surface area contributed by atoms with Crippen molar-refractivity contribution in [3.05, 3.63) is 10.4 Å². The highest BCUT2D eigenvalue weighted by Gasteiger charge is 2.26. The summed E-state index contributed by atoms with van der Waals surface area (Å²) in [5.41, 5.74) is 6.27. The number of rotatable bonds is 4. The summed E-state index contributed by atoms with van der Waals surface area (Å²) in [6.45, 7) is 2.52. The number of methoxy groups -OCH3 is 1. The van der Waals surface area contributed by atoms with Gasteiger partial charge in [0, 0.05) is 20.6 Å². The minimum absolute atomic E-state index is 0.168. The van der Waals surface area contributed by atoms with Gasteiger partial charge < -0.3 is 20.7 Å². The van der Waals surface area contributed by atoms with Crippen LogP contribution >= 0.6 is 11.3 Å². The van der Waals surface area contributed by atoms with Crippen molar-refractivity contribution in [1.82, 2.24) is 4.90 Å². The Morgan fingerprint density at radius 3 is 2.50 bits per heavy atom. The molecule has 0 aliphatic heterocycles. The van der Waals surface area contributed by atoms with E-state index in [9.17, 15) is 9.59 Å². The van der Waals surface area contributed by atoms with Crippen molar-refractivity contribution in [3.8, 4) is 0 Å². The SMILES string of the molecule is CCNc1sc(C(=O)N(C)C)c(N)c1C(=O)OC. The molecule has 0 aromatic carbocycles. The van der Waals surface area contributed by atoms with Crippen molar-refractivity contribution in [2.45, 2.75) is 6.92 Å². The fraction of sp³-hybridized carbons (Fsp3) is 0.455. The molecule has 7 heteroatoms. The lowest BCUT2D eigenvalue weighted by atomic mass is 10.2. The monoisotopic (exact) mass is 271 g/mol. The van der Waals surface area contributed by atoms with Gasteiger partial charge in [0.1, 0.15) is 15.4 Å². The predicted octanol–water partition coefficient (Wildman–Crippen LogP) is 1.25. The zero-order chi connectivity index (χ0) is 13.9. The zero-order valence-corrected chi connectivity index (χ0v) is 11.7. The van der Waals surface area contributed by atoms with E-state index < -0.39 is 5.97 Å². The Kier molecular flexibility index (Phi) is 4.55. The van der Waals surface area contributed by atoms with E-state index in [1.807, 2.05) is 6.92 Å². The van der Waals surface area contributed by atoms with Gasteiger partial charge in [-0.05, 0) is 6.92 Å². The molecule has 18 heavy (non-hydrogen) atoms. The number of nitrogen functional groups attached to an aromatic ring is 1. The molecule has 6 nitrogen and oxygen atoms in total. The summed E-state index contributed by atoms with van der Waals surface area (Å²) in [5, 5.41) is 3.58. The van der Waals surface area contributed by atoms with Crippen LogP contribution < -0.4 is 11.1 Å². The van der Waals surface area contributed by atoms with Crippen molar-refractivity contribution < 1.29 is 14.3 Å². The first-order chi connectivity index (χ1) is 8.43. The molecule has 3 N–H and O–H groups in total. The molecule has 0 atom stereocenters. The number of anilines is 2. The molecule has 1 aromatic heterocycles. The largest absolute Gasteiger partial charge is 0.465 e. The molecule has 0 saturated heterocycles. The number of carbonyl (C=O) groups excluding carboxylic acids is 2. The van der Waals surface area contributed by atoms with Gasteiger partial charge in [0.25, 0.3) is 5.91 Å². The Morgan fingerprint density at radius 2 is 2.06 bits per heavy atom. The highest BCUT2D eigenvalue weighted by atomic mass is 32.1. The summed E-state index contributed by atoms with van der Waals surface area (Å²) in [6, 6.07) is 0. The molecule has 0 saturated carbocycles. The summed E-state index contributed by atoms with van der Waals surface area (Å²) in [6.07, 6.45) is 0. The molecule has 0 radical (unpaired) electrons. The molecule has 0 unspecified atom stereocenters. The highest BCUT2D eigenvalue weighted by Crippen LogP contribution is 2.36. The third kappa shape index (κ3) is 2.56. The normalized spacial score (nSPS) is 10.0. The van der Waals surface area contributed by atoms with Gasteiger partial charge in [-0.15, -0.1) is 11.3 Å². The number of carbonyl (C=O) groups is 2. The molecule has 0 bridgehead atoms. The van der Waals surface area contributed by atoms with Crippen LogP contribution in [0.5, 0.6) is 0 Å². The summed E-state index contributed by atoms with van der Waals surface area (Å²) >= 11 is 1.16. The van der Waals surface area contributed by atoms with Crippen LogP contribution in [-0.2, 0) is 4.74 Å². The molecule has 1 heterocycles. The van der Waals surface area contributed by atoms with E-state index in [1.54, 1.807) is 14.1 Å². The first-order valence-electron chi connectivity index (χ1n) is 5.40. The van der Waals surface area contributed by atoms with Gasteiger partial charge in [-0.1, -0.05) is 0 Å². The molecule has 0 aliphatic rings. The van der Waals surface area contributed by atoms with Crippen LogP contribution in [0.2, 0.25) is 0 Å². The Hall–Kier alpha value is -1.76. The molecule has 1 rings (SSSR count). The highest BCUT2D eigenvalue weighted by molar-refractivity contribution is 7.19. The average molecular weight is 271 g/mol. The van der Waals surface area contributed by atoms with Crippen LogP contribution in [0.3, 0.4) is 0 Å². The fourth-order valence-electron chi connectivity index (χ4n) is 1.40. The van der Waals surface area contributed by atoms with Crippen LogP contribution in [0.4, 0.5) is 10.7 Å². The lowest BCUT2D eigenvalue weighted by molar-refractivity contribution is 0.0603. The first-order valence-corrected chi connectivity index (χ1v) is 6.21. The summed E-state index contributed by atoms with van der Waals surface area (Å²) in [4.78, 5) is 25.4. The van der Waals surface area contributed by atoms with Gasteiger partial charge in [-0.2, -0.15) is 0 Å². The van der Waals surface area contributed by atoms with Gasteiger partial charge in [0.05, 0.1) is 12.8 Å². The van der Waals surface area contributed by atoms with Gasteiger partial charge in [-0.25, -0.2) is 4.79 Å². The average Bonchev–Trinajstić information content (AvgIpc) is 2.65. The molecule has 1 aromatic rings. The quantitative estimate of drug-likeness (QED) is 0.805. The number of hydrogen-bond donors (Lipinski definition) is 2. The van der Waals surface area contributed by atoms with Gasteiger partial charge in [-0.3, -0.25) is 4.79 Å². The number of esters is 1. The van der Waals surface area contributed by atoms with E-state index in [4.69, 9.17) is 5.73 Å². The summed E-state index contributed by atoms with van der Waals surface area (Å²) in [5.74, 6) is -0.774. The second kappa shape index (κ2) is 5.72. The lowest BCUT2D eigenvalue weighted by Gasteiger charge is -2.08. The smallest absolute Gasteiger partial charge is 0.343 e. The fourth-order valence-corrected chi connectivity index (χ4v) is 2.59. The second-order valence-corrected chi connectivity index (χ2v) is 4.79. The Labute approximate surface area is 110 Å². The Bertz CT molecular complexity index is 468. The van der Waals surface area contributed by atoms with Crippen LogP contribution in [0.1, 0.15) is 27.0 Å². The van der Waals surface area contributed by atoms with Crippen molar-refractivity contribution >= 4 is 33.9 Å². The maximum absolute atomic E-state index is 11.9. The minimum atomic E-state index is -0.544. The molecular formula is C11H17N3O3S.